The number of amides is 1. The molecule has 35 heavy (non-hydrogen) atoms. The molecule has 0 aliphatic heterocycles. The number of nitrogens with zero attached hydrogens (tertiary/aromatic N) is 2. The van der Waals surface area contributed by atoms with Crippen LogP contribution in [0.1, 0.15) is 47.1 Å². The van der Waals surface area contributed by atoms with Gasteiger partial charge in [0.25, 0.3) is 0 Å². The molecular weight excluding hydrogens is 442 g/mol. The first-order chi connectivity index (χ1) is 16.9. The van der Waals surface area contributed by atoms with E-state index < -0.39 is 5.91 Å². The van der Waals surface area contributed by atoms with Crippen molar-refractivity contribution in [2.75, 3.05) is 0 Å². The van der Waals surface area contributed by atoms with Gasteiger partial charge >= 0.3 is 5.91 Å². The fourth-order valence-corrected chi connectivity index (χ4v) is 3.66. The molecular formula is C28H29N3O4. The Bertz CT molecular complexity index is 1300. The number of carbonyl (C=O) groups excluding carboxylic acids is 1. The van der Waals surface area contributed by atoms with Crippen molar-refractivity contribution in [2.45, 2.75) is 40.4 Å². The number of aryl methyl sites for hydroxylation is 2. The summed E-state index contributed by atoms with van der Waals surface area (Å²) in [6.45, 7) is 8.27. The van der Waals surface area contributed by atoms with Gasteiger partial charge in [-0.1, -0.05) is 12.1 Å². The third-order valence-corrected chi connectivity index (χ3v) is 5.28. The van der Waals surface area contributed by atoms with Crippen LogP contribution in [0, 0.1) is 13.8 Å². The third kappa shape index (κ3) is 6.00. The van der Waals surface area contributed by atoms with Gasteiger partial charge in [-0.2, -0.15) is 5.10 Å². The summed E-state index contributed by atoms with van der Waals surface area (Å²) in [5.74, 6) is 1.66. The van der Waals surface area contributed by atoms with E-state index in [4.69, 9.17) is 13.9 Å². The minimum atomic E-state index is -0.448. The lowest BCUT2D eigenvalue weighted by Gasteiger charge is -2.11. The van der Waals surface area contributed by atoms with E-state index in [1.54, 1.807) is 18.3 Å². The van der Waals surface area contributed by atoms with Crippen LogP contribution in [-0.2, 0) is 6.61 Å². The maximum Gasteiger partial charge on any atom is 0.307 e. The second kappa shape index (κ2) is 10.8. The minimum absolute atomic E-state index is 0.0358. The van der Waals surface area contributed by atoms with Gasteiger partial charge in [0, 0.05) is 22.6 Å². The van der Waals surface area contributed by atoms with Crippen LogP contribution < -0.4 is 14.9 Å². The molecule has 2 aromatic carbocycles. The number of hydrogen-bond acceptors (Lipinski definition) is 5. The molecule has 2 aromatic heterocycles. The number of benzene rings is 2. The molecule has 0 radical (unpaired) electrons. The molecule has 180 valence electrons. The van der Waals surface area contributed by atoms with Crippen LogP contribution in [0.15, 0.2) is 82.3 Å². The van der Waals surface area contributed by atoms with Gasteiger partial charge in [-0.25, -0.2) is 5.43 Å². The quantitative estimate of drug-likeness (QED) is 0.247. The summed E-state index contributed by atoms with van der Waals surface area (Å²) >= 11 is 0. The highest BCUT2D eigenvalue weighted by atomic mass is 16.5. The Hall–Kier alpha value is -4.26. The summed E-state index contributed by atoms with van der Waals surface area (Å²) in [5.41, 5.74) is 6.68. The predicted octanol–water partition coefficient (Wildman–Crippen LogP) is 5.82. The zero-order valence-electron chi connectivity index (χ0n) is 20.3. The number of furan rings is 1. The molecule has 0 spiro atoms. The van der Waals surface area contributed by atoms with E-state index in [-0.39, 0.29) is 18.5 Å². The summed E-state index contributed by atoms with van der Waals surface area (Å²) < 4.78 is 19.4. The number of hydrazone groups is 1. The van der Waals surface area contributed by atoms with E-state index in [1.165, 1.54) is 11.4 Å². The van der Waals surface area contributed by atoms with Crippen LogP contribution >= 0.6 is 0 Å². The first kappa shape index (κ1) is 23.9. The van der Waals surface area contributed by atoms with Gasteiger partial charge in [0.2, 0.25) is 0 Å². The average molecular weight is 472 g/mol. The molecule has 0 saturated carbocycles. The van der Waals surface area contributed by atoms with E-state index in [1.807, 2.05) is 62.4 Å². The number of ether oxygens (including phenoxy) is 2. The van der Waals surface area contributed by atoms with E-state index in [9.17, 15) is 4.79 Å². The highest BCUT2D eigenvalue weighted by Gasteiger charge is 2.11. The normalized spacial score (nSPS) is 11.2. The Kier molecular flexibility index (Phi) is 7.35. The average Bonchev–Trinajstić information content (AvgIpc) is 3.45. The van der Waals surface area contributed by atoms with Crippen LogP contribution in [0.3, 0.4) is 0 Å². The molecule has 0 atom stereocenters. The molecule has 7 heteroatoms. The Balaban J connectivity index is 1.32. The lowest BCUT2D eigenvalue weighted by atomic mass is 10.2. The fraction of sp³-hybridized carbons (Fsp3) is 0.214. The minimum Gasteiger partial charge on any atom is -0.490 e. The van der Waals surface area contributed by atoms with Crippen molar-refractivity contribution in [2.24, 2.45) is 5.10 Å². The molecule has 2 heterocycles. The SMILES string of the molecule is Cc1ccc(C)n1-c1ccc(OCc2ccc(C(=O)N/N=C/c3ccccc3OC(C)C)o2)cc1. The number of rotatable bonds is 9. The number of aromatic nitrogens is 1. The highest BCUT2D eigenvalue weighted by Crippen LogP contribution is 2.21. The number of para-hydroxylation sites is 1. The van der Waals surface area contributed by atoms with Crippen molar-refractivity contribution < 1.29 is 18.7 Å². The van der Waals surface area contributed by atoms with Crippen LogP contribution in [0.25, 0.3) is 5.69 Å². The maximum absolute atomic E-state index is 12.4. The molecule has 0 bridgehead atoms. The van der Waals surface area contributed by atoms with Crippen molar-refractivity contribution >= 4 is 12.1 Å². The van der Waals surface area contributed by atoms with Gasteiger partial charge < -0.3 is 18.5 Å². The molecule has 0 unspecified atom stereocenters. The van der Waals surface area contributed by atoms with Crippen molar-refractivity contribution in [3.05, 3.63) is 101 Å². The molecule has 0 saturated heterocycles. The second-order valence-corrected chi connectivity index (χ2v) is 8.40. The van der Waals surface area contributed by atoms with Gasteiger partial charge in [0.15, 0.2) is 5.76 Å². The smallest absolute Gasteiger partial charge is 0.307 e. The van der Waals surface area contributed by atoms with Gasteiger partial charge in [-0.3, -0.25) is 4.79 Å². The molecule has 4 rings (SSSR count). The molecule has 0 aliphatic rings. The highest BCUT2D eigenvalue weighted by molar-refractivity contribution is 5.92. The maximum atomic E-state index is 12.4. The van der Waals surface area contributed by atoms with Crippen LogP contribution in [0.2, 0.25) is 0 Å². The zero-order chi connectivity index (χ0) is 24.8. The van der Waals surface area contributed by atoms with Gasteiger partial charge in [0.1, 0.15) is 23.9 Å². The summed E-state index contributed by atoms with van der Waals surface area (Å²) in [6.07, 6.45) is 1.58. The molecule has 1 N–H and O–H groups in total. The first-order valence-electron chi connectivity index (χ1n) is 11.5. The Morgan fingerprint density at radius 1 is 1.00 bits per heavy atom. The molecule has 1 amide bonds. The summed E-state index contributed by atoms with van der Waals surface area (Å²) in [7, 11) is 0. The van der Waals surface area contributed by atoms with Gasteiger partial charge in [0.05, 0.1) is 12.3 Å². The number of hydrogen-bond donors (Lipinski definition) is 1. The Morgan fingerprint density at radius 2 is 1.71 bits per heavy atom. The number of nitrogens with one attached hydrogen (secondary N) is 1. The zero-order valence-corrected chi connectivity index (χ0v) is 20.3. The van der Waals surface area contributed by atoms with Crippen LogP contribution in [0.5, 0.6) is 11.5 Å². The summed E-state index contributed by atoms with van der Waals surface area (Å²) in [5, 5.41) is 4.03. The van der Waals surface area contributed by atoms with Crippen molar-refractivity contribution in [3.63, 3.8) is 0 Å². The Morgan fingerprint density at radius 3 is 2.43 bits per heavy atom. The lowest BCUT2D eigenvalue weighted by molar-refractivity contribution is 0.0923. The van der Waals surface area contributed by atoms with Crippen molar-refractivity contribution in [3.8, 4) is 17.2 Å². The molecule has 0 aliphatic carbocycles. The topological polar surface area (TPSA) is 78.0 Å². The van der Waals surface area contributed by atoms with Crippen LogP contribution in [-0.4, -0.2) is 22.8 Å². The lowest BCUT2D eigenvalue weighted by Crippen LogP contribution is -2.17. The monoisotopic (exact) mass is 471 g/mol. The summed E-state index contributed by atoms with van der Waals surface area (Å²) in [6, 6.07) is 22.8. The summed E-state index contributed by atoms with van der Waals surface area (Å²) in [4.78, 5) is 12.4. The van der Waals surface area contributed by atoms with Gasteiger partial charge in [-0.05, 0) is 88.4 Å². The largest absolute Gasteiger partial charge is 0.490 e. The molecule has 7 nitrogen and oxygen atoms in total. The second-order valence-electron chi connectivity index (χ2n) is 8.40. The van der Waals surface area contributed by atoms with Crippen molar-refractivity contribution in [1.82, 2.24) is 9.99 Å². The predicted molar refractivity (Wildman–Crippen MR) is 136 cm³/mol. The Labute approximate surface area is 205 Å². The standard InChI is InChI=1S/C28H29N3O4/c1-19(2)34-26-8-6-5-7-22(26)17-29-30-28(32)27-16-15-25(35-27)18-33-24-13-11-23(12-14-24)31-20(3)9-10-21(31)4/h5-17,19H,18H2,1-4H3,(H,30,32)/b29-17+. The molecule has 4 aromatic rings. The third-order valence-electron chi connectivity index (χ3n) is 5.28. The van der Waals surface area contributed by atoms with E-state index >= 15 is 0 Å². The van der Waals surface area contributed by atoms with E-state index in [0.29, 0.717) is 17.3 Å². The van der Waals surface area contributed by atoms with Crippen LogP contribution in [0.4, 0.5) is 0 Å². The van der Waals surface area contributed by atoms with Gasteiger partial charge in [-0.15, -0.1) is 0 Å². The molecule has 0 fully saturated rings. The number of carbonyl (C=O) groups is 1. The van der Waals surface area contributed by atoms with E-state index in [2.05, 4.69) is 41.1 Å². The van der Waals surface area contributed by atoms with E-state index in [0.717, 1.165) is 11.3 Å². The fourth-order valence-electron chi connectivity index (χ4n) is 3.66. The van der Waals surface area contributed by atoms with Crippen molar-refractivity contribution in [1.29, 1.82) is 0 Å². The first-order valence-corrected chi connectivity index (χ1v) is 11.5.